The molecule has 1 heterocycles. The fourth-order valence-corrected chi connectivity index (χ4v) is 3.17. The molecule has 0 aromatic heterocycles. The molecule has 3 aliphatic rings. The first kappa shape index (κ1) is 15.6. The topological polar surface area (TPSA) is 93.1 Å². The highest BCUT2D eigenvalue weighted by molar-refractivity contribution is 5.92. The van der Waals surface area contributed by atoms with Gasteiger partial charge >= 0.3 is 0 Å². The van der Waals surface area contributed by atoms with Crippen molar-refractivity contribution in [3.63, 3.8) is 0 Å². The average molecular weight is 308 g/mol. The summed E-state index contributed by atoms with van der Waals surface area (Å²) in [5.74, 6) is -0.181. The van der Waals surface area contributed by atoms with Gasteiger partial charge in [-0.15, -0.1) is 0 Å². The van der Waals surface area contributed by atoms with Crippen molar-refractivity contribution in [2.45, 2.75) is 49.1 Å². The van der Waals surface area contributed by atoms with Gasteiger partial charge in [-0.25, -0.2) is 0 Å². The van der Waals surface area contributed by atoms with E-state index in [2.05, 4.69) is 0 Å². The summed E-state index contributed by atoms with van der Waals surface area (Å²) in [5.41, 5.74) is -2.50. The molecule has 0 aromatic rings. The van der Waals surface area contributed by atoms with Crippen molar-refractivity contribution in [1.29, 1.82) is 0 Å². The van der Waals surface area contributed by atoms with Crippen LogP contribution in [-0.4, -0.2) is 58.4 Å². The van der Waals surface area contributed by atoms with Gasteiger partial charge in [0.25, 0.3) is 0 Å². The number of carbonyl (C=O) groups is 2. The molecule has 6 heteroatoms. The van der Waals surface area contributed by atoms with Crippen molar-refractivity contribution in [2.75, 3.05) is 13.2 Å². The van der Waals surface area contributed by atoms with E-state index in [4.69, 9.17) is 9.47 Å². The Morgan fingerprint density at radius 2 is 1.27 bits per heavy atom. The zero-order chi connectivity index (χ0) is 15.8. The standard InChI is InChI=1S/C16H20O6/c17-11-1-3-15(19)5-7-22-14-10-12(18)2-4-16(14,20)6-8-21-13(15)9-11/h1-4,13-14,19-20H,5-10H2. The van der Waals surface area contributed by atoms with Crippen LogP contribution in [0.5, 0.6) is 0 Å². The second-order valence-corrected chi connectivity index (χ2v) is 6.21. The number of rotatable bonds is 0. The lowest BCUT2D eigenvalue weighted by molar-refractivity contribution is -0.160. The Kier molecular flexibility index (Phi) is 4.03. The largest absolute Gasteiger partial charge is 0.383 e. The Balaban J connectivity index is 1.80. The lowest BCUT2D eigenvalue weighted by Crippen LogP contribution is -2.52. The van der Waals surface area contributed by atoms with Gasteiger partial charge in [-0.05, 0) is 24.3 Å². The first-order valence-corrected chi connectivity index (χ1v) is 7.53. The minimum atomic E-state index is -1.25. The van der Waals surface area contributed by atoms with Crippen LogP contribution in [-0.2, 0) is 19.1 Å². The number of aliphatic hydroxyl groups is 2. The highest BCUT2D eigenvalue weighted by Gasteiger charge is 2.44. The molecule has 1 saturated heterocycles. The number of fused-ring (bicyclic) bond motifs is 2. The van der Waals surface area contributed by atoms with Crippen LogP contribution in [0.25, 0.3) is 0 Å². The molecule has 0 amide bonds. The monoisotopic (exact) mass is 308 g/mol. The number of hydrogen-bond donors (Lipinski definition) is 2. The van der Waals surface area contributed by atoms with Crippen LogP contribution < -0.4 is 0 Å². The average Bonchev–Trinajstić information content (AvgIpc) is 2.47. The Bertz CT molecular complexity index is 491. The second-order valence-electron chi connectivity index (χ2n) is 6.21. The SMILES string of the molecule is O=C1C=CC2(O)CCOC3CC(=O)C=CC3(O)CCOC2C1. The molecule has 0 bridgehead atoms. The van der Waals surface area contributed by atoms with Gasteiger partial charge in [-0.2, -0.15) is 0 Å². The summed E-state index contributed by atoms with van der Waals surface area (Å²) in [6.45, 7) is 0.339. The summed E-state index contributed by atoms with van der Waals surface area (Å²) >= 11 is 0. The maximum atomic E-state index is 11.5. The molecule has 2 N–H and O–H groups in total. The van der Waals surface area contributed by atoms with E-state index < -0.39 is 23.4 Å². The smallest absolute Gasteiger partial charge is 0.158 e. The number of hydrogen-bond acceptors (Lipinski definition) is 6. The van der Waals surface area contributed by atoms with Gasteiger partial charge in [-0.3, -0.25) is 9.59 Å². The zero-order valence-electron chi connectivity index (χ0n) is 12.2. The van der Waals surface area contributed by atoms with E-state index in [-0.39, 0.29) is 50.5 Å². The molecule has 0 aromatic carbocycles. The van der Waals surface area contributed by atoms with Crippen LogP contribution in [0.15, 0.2) is 24.3 Å². The zero-order valence-corrected chi connectivity index (χ0v) is 12.2. The van der Waals surface area contributed by atoms with Gasteiger partial charge in [0.05, 0.1) is 25.4 Å². The summed E-state index contributed by atoms with van der Waals surface area (Å²) in [5, 5.41) is 21.3. The van der Waals surface area contributed by atoms with Gasteiger partial charge in [0.2, 0.25) is 0 Å². The summed E-state index contributed by atoms with van der Waals surface area (Å²) in [6, 6.07) is 0. The van der Waals surface area contributed by atoms with E-state index in [1.54, 1.807) is 0 Å². The van der Waals surface area contributed by atoms with Gasteiger partial charge < -0.3 is 19.7 Å². The molecule has 120 valence electrons. The van der Waals surface area contributed by atoms with Crippen molar-refractivity contribution >= 4 is 11.6 Å². The third-order valence-electron chi connectivity index (χ3n) is 4.65. The molecule has 0 saturated carbocycles. The summed E-state index contributed by atoms with van der Waals surface area (Å²) in [7, 11) is 0. The molecule has 0 radical (unpaired) electrons. The van der Waals surface area contributed by atoms with Gasteiger partial charge in [0.15, 0.2) is 11.6 Å². The number of ether oxygens (including phenoxy) is 2. The normalized spacial score (nSPS) is 42.6. The lowest BCUT2D eigenvalue weighted by Gasteiger charge is -2.41. The van der Waals surface area contributed by atoms with Crippen molar-refractivity contribution in [3.05, 3.63) is 24.3 Å². The quantitative estimate of drug-likeness (QED) is 0.658. The molecule has 6 nitrogen and oxygen atoms in total. The first-order chi connectivity index (χ1) is 10.4. The molecular weight excluding hydrogens is 288 g/mol. The molecule has 0 spiro atoms. The molecule has 1 fully saturated rings. The molecule has 4 atom stereocenters. The molecule has 1 aliphatic heterocycles. The Morgan fingerprint density at radius 3 is 1.68 bits per heavy atom. The third kappa shape index (κ3) is 2.92. The van der Waals surface area contributed by atoms with Crippen LogP contribution >= 0.6 is 0 Å². The predicted octanol–water partition coefficient (Wildman–Crippen LogP) is 0.0708. The Morgan fingerprint density at radius 1 is 0.864 bits per heavy atom. The highest BCUT2D eigenvalue weighted by Crippen LogP contribution is 2.33. The van der Waals surface area contributed by atoms with Gasteiger partial charge in [0, 0.05) is 25.7 Å². The number of carbonyl (C=O) groups excluding carboxylic acids is 2. The highest BCUT2D eigenvalue weighted by atomic mass is 16.5. The van der Waals surface area contributed by atoms with Crippen LogP contribution in [0.4, 0.5) is 0 Å². The van der Waals surface area contributed by atoms with E-state index in [0.717, 1.165) is 0 Å². The van der Waals surface area contributed by atoms with Crippen molar-refractivity contribution < 1.29 is 29.3 Å². The van der Waals surface area contributed by atoms with Crippen LogP contribution in [0.1, 0.15) is 25.7 Å². The van der Waals surface area contributed by atoms with Crippen molar-refractivity contribution in [3.8, 4) is 0 Å². The van der Waals surface area contributed by atoms with Crippen molar-refractivity contribution in [2.24, 2.45) is 0 Å². The van der Waals surface area contributed by atoms with Crippen molar-refractivity contribution in [1.82, 2.24) is 0 Å². The van der Waals surface area contributed by atoms with E-state index in [1.165, 1.54) is 24.3 Å². The molecule has 3 rings (SSSR count). The van der Waals surface area contributed by atoms with Crippen LogP contribution in [0, 0.1) is 0 Å². The first-order valence-electron chi connectivity index (χ1n) is 7.53. The maximum Gasteiger partial charge on any atom is 0.158 e. The van der Waals surface area contributed by atoms with Gasteiger partial charge in [-0.1, -0.05) is 0 Å². The fraction of sp³-hybridized carbons (Fsp3) is 0.625. The van der Waals surface area contributed by atoms with E-state index >= 15 is 0 Å². The predicted molar refractivity (Wildman–Crippen MR) is 76.1 cm³/mol. The number of ketones is 2. The molecule has 2 aliphatic carbocycles. The molecular formula is C16H20O6. The maximum absolute atomic E-state index is 11.5. The third-order valence-corrected chi connectivity index (χ3v) is 4.65. The van der Waals surface area contributed by atoms with Crippen LogP contribution in [0.3, 0.4) is 0 Å². The van der Waals surface area contributed by atoms with E-state index in [9.17, 15) is 19.8 Å². The summed E-state index contributed by atoms with van der Waals surface area (Å²) < 4.78 is 11.4. The van der Waals surface area contributed by atoms with E-state index in [1.807, 2.05) is 0 Å². The van der Waals surface area contributed by atoms with Crippen LogP contribution in [0.2, 0.25) is 0 Å². The Hall–Kier alpha value is -1.34. The Labute approximate surface area is 128 Å². The van der Waals surface area contributed by atoms with E-state index in [0.29, 0.717) is 0 Å². The molecule has 4 unspecified atom stereocenters. The minimum Gasteiger partial charge on any atom is -0.383 e. The lowest BCUT2D eigenvalue weighted by atomic mass is 9.82. The molecule has 22 heavy (non-hydrogen) atoms. The summed E-state index contributed by atoms with van der Waals surface area (Å²) in [6.07, 6.45) is 5.11. The number of allylic oxidation sites excluding steroid dienone is 2. The summed E-state index contributed by atoms with van der Waals surface area (Å²) in [4.78, 5) is 23.1. The second kappa shape index (κ2) is 5.70. The minimum absolute atomic E-state index is 0.0904. The van der Waals surface area contributed by atoms with Gasteiger partial charge in [0.1, 0.15) is 11.2 Å². The fourth-order valence-electron chi connectivity index (χ4n) is 3.17.